The Morgan fingerprint density at radius 2 is 1.73 bits per heavy atom. The maximum atomic E-state index is 13.6. The average molecular weight is 454 g/mol. The zero-order valence-electron chi connectivity index (χ0n) is 18.8. The topological polar surface area (TPSA) is 36.4 Å². The van der Waals surface area contributed by atoms with Gasteiger partial charge in [0.25, 0.3) is 5.91 Å². The van der Waals surface area contributed by atoms with Crippen molar-refractivity contribution in [3.05, 3.63) is 94.9 Å². The van der Waals surface area contributed by atoms with E-state index in [1.165, 1.54) is 10.4 Å². The lowest BCUT2D eigenvalue weighted by molar-refractivity contribution is 0.0652. The molecule has 0 saturated carbocycles. The van der Waals surface area contributed by atoms with Crippen molar-refractivity contribution in [3.63, 3.8) is 0 Å². The van der Waals surface area contributed by atoms with Crippen molar-refractivity contribution in [1.82, 2.24) is 14.8 Å². The predicted octanol–water partition coefficient (Wildman–Crippen LogP) is 5.74. The number of para-hydroxylation sites is 1. The third kappa shape index (κ3) is 4.90. The van der Waals surface area contributed by atoms with Gasteiger partial charge in [-0.2, -0.15) is 0 Å². The zero-order chi connectivity index (χ0) is 22.6. The second-order valence-corrected chi connectivity index (χ2v) is 9.68. The summed E-state index contributed by atoms with van der Waals surface area (Å²) in [6, 6.07) is 24.5. The van der Waals surface area contributed by atoms with Gasteiger partial charge >= 0.3 is 0 Å². The zero-order valence-corrected chi connectivity index (χ0v) is 19.6. The molecule has 1 amide bonds. The molecule has 166 valence electrons. The molecule has 4 aromatic rings. The van der Waals surface area contributed by atoms with Crippen LogP contribution in [0.5, 0.6) is 0 Å². The fraction of sp³-hybridized carbons (Fsp3) is 0.214. The molecule has 4 nitrogen and oxygen atoms in total. The van der Waals surface area contributed by atoms with E-state index in [0.717, 1.165) is 59.8 Å². The number of hydrogen-bond acceptors (Lipinski definition) is 4. The molecular formula is C28H27N3OS. The van der Waals surface area contributed by atoms with Gasteiger partial charge in [-0.05, 0) is 36.8 Å². The van der Waals surface area contributed by atoms with Crippen molar-refractivity contribution in [2.24, 2.45) is 0 Å². The first-order chi connectivity index (χ1) is 16.2. The minimum absolute atomic E-state index is 0.0996. The van der Waals surface area contributed by atoms with Gasteiger partial charge in [-0.15, -0.1) is 11.3 Å². The van der Waals surface area contributed by atoms with Crippen LogP contribution in [-0.2, 0) is 0 Å². The Morgan fingerprint density at radius 1 is 0.970 bits per heavy atom. The summed E-state index contributed by atoms with van der Waals surface area (Å²) in [4.78, 5) is 25.1. The van der Waals surface area contributed by atoms with E-state index in [2.05, 4.69) is 60.4 Å². The van der Waals surface area contributed by atoms with E-state index >= 15 is 0 Å². The lowest BCUT2D eigenvalue weighted by Gasteiger charge is -2.34. The van der Waals surface area contributed by atoms with Gasteiger partial charge in [-0.1, -0.05) is 60.7 Å². The molecular weight excluding hydrogens is 426 g/mol. The maximum Gasteiger partial charge on any atom is 0.254 e. The predicted molar refractivity (Wildman–Crippen MR) is 138 cm³/mol. The van der Waals surface area contributed by atoms with Crippen molar-refractivity contribution < 1.29 is 4.79 Å². The van der Waals surface area contributed by atoms with Crippen LogP contribution in [0.1, 0.15) is 20.8 Å². The third-order valence-corrected chi connectivity index (χ3v) is 7.10. The Bertz CT molecular complexity index is 1290. The van der Waals surface area contributed by atoms with E-state index in [4.69, 9.17) is 4.98 Å². The summed E-state index contributed by atoms with van der Waals surface area (Å²) in [6.45, 7) is 6.23. The Kier molecular flexibility index (Phi) is 6.33. The largest absolute Gasteiger partial charge is 0.336 e. The number of thiophene rings is 1. The second kappa shape index (κ2) is 9.69. The first kappa shape index (κ1) is 21.6. The number of benzene rings is 2. The molecule has 0 aliphatic carbocycles. The lowest BCUT2D eigenvalue weighted by Crippen LogP contribution is -2.48. The SMILES string of the molecule is Cc1ccc(-c2cc(C(=O)N3CCN(CC=Cc4ccccc4)CC3)c3ccccc3n2)s1. The number of carbonyl (C=O) groups excluding carboxylic acids is 1. The van der Waals surface area contributed by atoms with Crippen molar-refractivity contribution in [1.29, 1.82) is 0 Å². The Balaban J connectivity index is 1.31. The summed E-state index contributed by atoms with van der Waals surface area (Å²) in [6.07, 6.45) is 4.37. The van der Waals surface area contributed by atoms with Crippen LogP contribution in [0.15, 0.2) is 78.9 Å². The van der Waals surface area contributed by atoms with Gasteiger partial charge in [0.2, 0.25) is 0 Å². The molecule has 2 aromatic carbocycles. The molecule has 0 bridgehead atoms. The fourth-order valence-electron chi connectivity index (χ4n) is 4.26. The normalized spacial score (nSPS) is 14.9. The Morgan fingerprint density at radius 3 is 2.48 bits per heavy atom. The summed E-state index contributed by atoms with van der Waals surface area (Å²) in [7, 11) is 0. The smallest absolute Gasteiger partial charge is 0.254 e. The number of hydrogen-bond donors (Lipinski definition) is 0. The highest BCUT2D eigenvalue weighted by molar-refractivity contribution is 7.15. The first-order valence-electron chi connectivity index (χ1n) is 11.4. The highest BCUT2D eigenvalue weighted by Crippen LogP contribution is 2.30. The number of amides is 1. The summed E-state index contributed by atoms with van der Waals surface area (Å²) >= 11 is 1.71. The third-order valence-electron chi connectivity index (χ3n) is 6.07. The van der Waals surface area contributed by atoms with Crippen LogP contribution in [0.25, 0.3) is 27.6 Å². The Labute approximate surface area is 198 Å². The number of rotatable bonds is 5. The van der Waals surface area contributed by atoms with Crippen molar-refractivity contribution in [3.8, 4) is 10.6 Å². The molecule has 0 atom stereocenters. The molecule has 0 N–H and O–H groups in total. The number of carbonyl (C=O) groups is 1. The van der Waals surface area contributed by atoms with Crippen LogP contribution in [0.4, 0.5) is 0 Å². The van der Waals surface area contributed by atoms with E-state index in [9.17, 15) is 4.79 Å². The number of fused-ring (bicyclic) bond motifs is 1. The minimum Gasteiger partial charge on any atom is -0.336 e. The van der Waals surface area contributed by atoms with Crippen LogP contribution in [0.3, 0.4) is 0 Å². The van der Waals surface area contributed by atoms with E-state index in [0.29, 0.717) is 0 Å². The number of nitrogens with zero attached hydrogens (tertiary/aromatic N) is 3. The van der Waals surface area contributed by atoms with Crippen molar-refractivity contribution >= 4 is 34.2 Å². The van der Waals surface area contributed by atoms with E-state index < -0.39 is 0 Å². The van der Waals surface area contributed by atoms with Crippen molar-refractivity contribution in [2.45, 2.75) is 6.92 Å². The quantitative estimate of drug-likeness (QED) is 0.386. The van der Waals surface area contributed by atoms with Gasteiger partial charge in [0.1, 0.15) is 0 Å². The van der Waals surface area contributed by atoms with Crippen LogP contribution < -0.4 is 0 Å². The molecule has 0 spiro atoms. The molecule has 3 heterocycles. The highest BCUT2D eigenvalue weighted by atomic mass is 32.1. The number of aromatic nitrogens is 1. The number of piperazine rings is 1. The summed E-state index contributed by atoms with van der Waals surface area (Å²) in [5.41, 5.74) is 3.71. The molecule has 0 unspecified atom stereocenters. The summed E-state index contributed by atoms with van der Waals surface area (Å²) in [5.74, 6) is 0.0996. The first-order valence-corrected chi connectivity index (χ1v) is 12.2. The van der Waals surface area contributed by atoms with Crippen LogP contribution >= 0.6 is 11.3 Å². The minimum atomic E-state index is 0.0996. The van der Waals surface area contributed by atoms with Crippen molar-refractivity contribution in [2.75, 3.05) is 32.7 Å². The fourth-order valence-corrected chi connectivity index (χ4v) is 5.08. The molecule has 2 aromatic heterocycles. The maximum absolute atomic E-state index is 13.6. The van der Waals surface area contributed by atoms with Gasteiger partial charge in [-0.25, -0.2) is 4.98 Å². The highest BCUT2D eigenvalue weighted by Gasteiger charge is 2.24. The molecule has 1 saturated heterocycles. The molecule has 0 radical (unpaired) electrons. The second-order valence-electron chi connectivity index (χ2n) is 8.39. The van der Waals surface area contributed by atoms with Gasteiger partial charge in [0.05, 0.1) is 21.7 Å². The van der Waals surface area contributed by atoms with Crippen LogP contribution in [0, 0.1) is 6.92 Å². The molecule has 1 aliphatic heterocycles. The number of aryl methyl sites for hydroxylation is 1. The molecule has 5 rings (SSSR count). The number of pyridine rings is 1. The molecule has 33 heavy (non-hydrogen) atoms. The Hall–Kier alpha value is -3.28. The van der Waals surface area contributed by atoms with Crippen LogP contribution in [0.2, 0.25) is 0 Å². The van der Waals surface area contributed by atoms with E-state index in [1.807, 2.05) is 41.3 Å². The van der Waals surface area contributed by atoms with Gasteiger partial charge in [-0.3, -0.25) is 9.69 Å². The monoisotopic (exact) mass is 453 g/mol. The molecule has 5 heteroatoms. The summed E-state index contributed by atoms with van der Waals surface area (Å²) in [5, 5.41) is 0.924. The molecule has 1 aliphatic rings. The van der Waals surface area contributed by atoms with E-state index in [1.54, 1.807) is 11.3 Å². The van der Waals surface area contributed by atoms with Gasteiger partial charge in [0, 0.05) is 43.0 Å². The summed E-state index contributed by atoms with van der Waals surface area (Å²) < 4.78 is 0. The molecule has 1 fully saturated rings. The lowest BCUT2D eigenvalue weighted by atomic mass is 10.1. The van der Waals surface area contributed by atoms with E-state index in [-0.39, 0.29) is 5.91 Å². The van der Waals surface area contributed by atoms with Gasteiger partial charge < -0.3 is 4.90 Å². The standard InChI is InChI=1S/C28H27N3OS/c1-21-13-14-27(33-21)26-20-24(23-11-5-6-12-25(23)29-26)28(32)31-18-16-30(17-19-31)15-7-10-22-8-3-2-4-9-22/h2-14,20H,15-19H2,1H3. The van der Waals surface area contributed by atoms with Crippen LogP contribution in [-0.4, -0.2) is 53.4 Å². The average Bonchev–Trinajstić information content (AvgIpc) is 3.30. The van der Waals surface area contributed by atoms with Gasteiger partial charge in [0.15, 0.2) is 0 Å².